The Morgan fingerprint density at radius 2 is 2.12 bits per heavy atom. The molecule has 0 unspecified atom stereocenters. The summed E-state index contributed by atoms with van der Waals surface area (Å²) in [5.41, 5.74) is 2.49. The number of ether oxygens (including phenoxy) is 1. The number of rotatable bonds is 6. The van der Waals surface area contributed by atoms with Crippen molar-refractivity contribution in [2.75, 3.05) is 19.8 Å². The van der Waals surface area contributed by atoms with E-state index in [4.69, 9.17) is 4.74 Å². The molecule has 1 amide bonds. The van der Waals surface area contributed by atoms with Crippen molar-refractivity contribution in [2.45, 2.75) is 57.3 Å². The van der Waals surface area contributed by atoms with Crippen LogP contribution in [0.2, 0.25) is 0 Å². The Bertz CT molecular complexity index is 726. The van der Waals surface area contributed by atoms with Gasteiger partial charge in [-0.2, -0.15) is 0 Å². The fourth-order valence-corrected chi connectivity index (χ4v) is 4.24. The molecule has 0 bridgehead atoms. The van der Waals surface area contributed by atoms with Crippen molar-refractivity contribution in [3.8, 4) is 0 Å². The van der Waals surface area contributed by atoms with E-state index in [1.165, 1.54) is 38.5 Å². The lowest BCUT2D eigenvalue weighted by atomic mass is 10.0. The van der Waals surface area contributed by atoms with Crippen LogP contribution < -0.4 is 0 Å². The van der Waals surface area contributed by atoms with Crippen molar-refractivity contribution in [2.24, 2.45) is 11.8 Å². The normalized spacial score (nSPS) is 25.2. The number of H-pyrrole nitrogens is 1. The number of aromatic amines is 1. The van der Waals surface area contributed by atoms with E-state index >= 15 is 0 Å². The smallest absolute Gasteiger partial charge is 0.297 e. The molecule has 1 aromatic rings. The van der Waals surface area contributed by atoms with Gasteiger partial charge in [0.2, 0.25) is 5.82 Å². The summed E-state index contributed by atoms with van der Waals surface area (Å²) in [4.78, 5) is 19.8. The van der Waals surface area contributed by atoms with E-state index in [0.29, 0.717) is 25.0 Å². The minimum absolute atomic E-state index is 0.0442. The molecular formula is C19H26N4O2. The second-order valence-electron chi connectivity index (χ2n) is 8.33. The van der Waals surface area contributed by atoms with Gasteiger partial charge in [-0.3, -0.25) is 9.89 Å². The lowest BCUT2D eigenvalue weighted by Crippen LogP contribution is -2.36. The molecule has 0 atom stereocenters. The first kappa shape index (κ1) is 15.6. The number of nitrogens with one attached hydrogen (secondary N) is 1. The highest BCUT2D eigenvalue weighted by Gasteiger charge is 2.57. The third kappa shape index (κ3) is 2.80. The molecule has 0 aromatic carbocycles. The van der Waals surface area contributed by atoms with E-state index < -0.39 is 0 Å². The number of hydrogen-bond acceptors (Lipinski definition) is 4. The monoisotopic (exact) mass is 342 g/mol. The van der Waals surface area contributed by atoms with Crippen LogP contribution in [0.4, 0.5) is 0 Å². The molecular weight excluding hydrogens is 316 g/mol. The summed E-state index contributed by atoms with van der Waals surface area (Å²) in [5, 5.41) is 7.42. The van der Waals surface area contributed by atoms with Gasteiger partial charge in [-0.05, 0) is 62.9 Å². The van der Waals surface area contributed by atoms with Gasteiger partial charge in [-0.25, -0.2) is 4.98 Å². The van der Waals surface area contributed by atoms with E-state index in [1.807, 2.05) is 4.90 Å². The molecule has 1 aliphatic heterocycles. The number of carbonyl (C=O) groups is 1. The zero-order chi connectivity index (χ0) is 17.0. The second-order valence-corrected chi connectivity index (χ2v) is 8.33. The number of nitrogens with zero attached hydrogens (tertiary/aromatic N) is 3. The molecule has 1 N–H and O–H groups in total. The third-order valence-corrected chi connectivity index (χ3v) is 6.30. The maximum Gasteiger partial charge on any atom is 0.297 e. The first-order valence-corrected chi connectivity index (χ1v) is 9.68. The first-order chi connectivity index (χ1) is 12.2. The van der Waals surface area contributed by atoms with Crippen LogP contribution in [-0.4, -0.2) is 45.7 Å². The topological polar surface area (TPSA) is 71.1 Å². The van der Waals surface area contributed by atoms with Crippen molar-refractivity contribution >= 4 is 5.91 Å². The molecule has 2 heterocycles. The van der Waals surface area contributed by atoms with Crippen molar-refractivity contribution in [3.63, 3.8) is 0 Å². The van der Waals surface area contributed by atoms with Gasteiger partial charge in [0.25, 0.3) is 5.91 Å². The Morgan fingerprint density at radius 1 is 1.32 bits per heavy atom. The Kier molecular flexibility index (Phi) is 3.52. The fourth-order valence-electron chi connectivity index (χ4n) is 4.24. The number of hydrogen-bond donors (Lipinski definition) is 1. The molecule has 3 aliphatic carbocycles. The second kappa shape index (κ2) is 5.66. The summed E-state index contributed by atoms with van der Waals surface area (Å²) in [7, 11) is 0. The summed E-state index contributed by atoms with van der Waals surface area (Å²) >= 11 is 0. The maximum atomic E-state index is 13.2. The molecule has 0 radical (unpaired) electrons. The number of amides is 1. The van der Waals surface area contributed by atoms with Gasteiger partial charge in [0.15, 0.2) is 0 Å². The van der Waals surface area contributed by atoms with Crippen LogP contribution in [0.15, 0.2) is 11.3 Å². The largest absolute Gasteiger partial charge is 0.377 e. The van der Waals surface area contributed by atoms with Gasteiger partial charge in [-0.1, -0.05) is 0 Å². The van der Waals surface area contributed by atoms with E-state index in [0.717, 1.165) is 36.0 Å². The predicted molar refractivity (Wildman–Crippen MR) is 91.9 cm³/mol. The number of aromatic nitrogens is 3. The Balaban J connectivity index is 1.41. The van der Waals surface area contributed by atoms with Gasteiger partial charge >= 0.3 is 0 Å². The van der Waals surface area contributed by atoms with Crippen LogP contribution in [0, 0.1) is 11.8 Å². The zero-order valence-corrected chi connectivity index (χ0v) is 14.9. The minimum Gasteiger partial charge on any atom is -0.377 e. The molecule has 0 spiro atoms. The van der Waals surface area contributed by atoms with Crippen LogP contribution in [0.25, 0.3) is 0 Å². The molecule has 134 valence electrons. The van der Waals surface area contributed by atoms with Gasteiger partial charge in [0, 0.05) is 24.1 Å². The van der Waals surface area contributed by atoms with Crippen LogP contribution in [0.1, 0.15) is 68.3 Å². The summed E-state index contributed by atoms with van der Waals surface area (Å²) in [6.07, 6.45) is 8.20. The Labute approximate surface area is 148 Å². The molecule has 1 aromatic heterocycles. The molecule has 5 rings (SSSR count). The highest BCUT2D eigenvalue weighted by molar-refractivity contribution is 5.91. The standard InChI is InChI=1S/C19H26N4O2/c1-12-11-25-9-6-15(12)23(10-13-2-3-13)17(24)16-20-18(22-21-16)19(7-8-19)14-4-5-14/h13-14H,2-11H2,1H3,(H,20,21,22). The van der Waals surface area contributed by atoms with E-state index in [-0.39, 0.29) is 11.3 Å². The highest BCUT2D eigenvalue weighted by atomic mass is 16.5. The highest BCUT2D eigenvalue weighted by Crippen LogP contribution is 2.61. The lowest BCUT2D eigenvalue weighted by molar-refractivity contribution is 0.0741. The average molecular weight is 342 g/mol. The molecule has 3 saturated carbocycles. The maximum absolute atomic E-state index is 13.2. The van der Waals surface area contributed by atoms with E-state index in [2.05, 4.69) is 22.1 Å². The molecule has 25 heavy (non-hydrogen) atoms. The van der Waals surface area contributed by atoms with Crippen LogP contribution in [0.5, 0.6) is 0 Å². The molecule has 0 saturated heterocycles. The average Bonchev–Trinajstić information content (AvgIpc) is 3.48. The Hall–Kier alpha value is -1.69. The van der Waals surface area contributed by atoms with Gasteiger partial charge in [0.1, 0.15) is 5.82 Å². The summed E-state index contributed by atoms with van der Waals surface area (Å²) in [6, 6.07) is 0. The first-order valence-electron chi connectivity index (χ1n) is 9.68. The van der Waals surface area contributed by atoms with E-state index in [9.17, 15) is 4.79 Å². The molecule has 6 nitrogen and oxygen atoms in total. The summed E-state index contributed by atoms with van der Waals surface area (Å²) in [5.74, 6) is 2.63. The quantitative estimate of drug-likeness (QED) is 0.863. The fraction of sp³-hybridized carbons (Fsp3) is 0.737. The van der Waals surface area contributed by atoms with Crippen molar-refractivity contribution in [1.82, 2.24) is 20.1 Å². The van der Waals surface area contributed by atoms with Crippen molar-refractivity contribution < 1.29 is 9.53 Å². The summed E-state index contributed by atoms with van der Waals surface area (Å²) < 4.78 is 5.53. The van der Waals surface area contributed by atoms with Gasteiger partial charge in [0.05, 0.1) is 13.2 Å². The van der Waals surface area contributed by atoms with E-state index in [1.54, 1.807) is 0 Å². The minimum atomic E-state index is -0.0442. The van der Waals surface area contributed by atoms with Crippen LogP contribution in [0.3, 0.4) is 0 Å². The van der Waals surface area contributed by atoms with Gasteiger partial charge < -0.3 is 9.64 Å². The van der Waals surface area contributed by atoms with Gasteiger partial charge in [-0.15, -0.1) is 5.10 Å². The zero-order valence-electron chi connectivity index (χ0n) is 14.9. The third-order valence-electron chi connectivity index (χ3n) is 6.30. The predicted octanol–water partition coefficient (Wildman–Crippen LogP) is 2.79. The Morgan fingerprint density at radius 3 is 2.76 bits per heavy atom. The molecule has 3 fully saturated rings. The van der Waals surface area contributed by atoms with Crippen LogP contribution >= 0.6 is 0 Å². The van der Waals surface area contributed by atoms with Crippen LogP contribution in [-0.2, 0) is 10.2 Å². The SMILES string of the molecule is CC1=C(N(CC2CC2)C(=O)c2n[nH]c(C3(C4CC4)CC3)n2)CCOC1. The molecule has 4 aliphatic rings. The lowest BCUT2D eigenvalue weighted by Gasteiger charge is -2.29. The van der Waals surface area contributed by atoms with Crippen molar-refractivity contribution in [3.05, 3.63) is 22.9 Å². The van der Waals surface area contributed by atoms with Crippen molar-refractivity contribution in [1.29, 1.82) is 0 Å². The molecule has 6 heteroatoms. The summed E-state index contributed by atoms with van der Waals surface area (Å²) in [6.45, 7) is 4.17. The number of carbonyl (C=O) groups excluding carboxylic acids is 1.